The Morgan fingerprint density at radius 2 is 2.04 bits per heavy atom. The Bertz CT molecular complexity index is 724. The number of amidine groups is 1. The molecule has 0 spiro atoms. The van der Waals surface area contributed by atoms with Gasteiger partial charge in [-0.15, -0.1) is 0 Å². The number of hydrogen-bond acceptors (Lipinski definition) is 6. The Morgan fingerprint density at radius 3 is 2.72 bits per heavy atom. The molecule has 9 heteroatoms. The molecule has 0 aromatic heterocycles. The number of carboxylic acids is 1. The van der Waals surface area contributed by atoms with Gasteiger partial charge in [-0.2, -0.15) is 0 Å². The average Bonchev–Trinajstić information content (AvgIpc) is 2.96. The van der Waals surface area contributed by atoms with Crippen LogP contribution in [0.2, 0.25) is 0 Å². The van der Waals surface area contributed by atoms with Crippen LogP contribution in [0.3, 0.4) is 0 Å². The molecule has 2 aliphatic heterocycles. The molecule has 3 amide bonds. The number of carbonyl (C=O) groups is 3. The Kier molecular flexibility index (Phi) is 4.93. The fraction of sp³-hybridized carbons (Fsp3) is 0.375. The number of carbonyl (C=O) groups excluding carboxylic acids is 2. The molecule has 2 unspecified atom stereocenters. The van der Waals surface area contributed by atoms with Crippen LogP contribution >= 0.6 is 11.8 Å². The van der Waals surface area contributed by atoms with Crippen molar-refractivity contribution in [2.24, 2.45) is 4.99 Å². The van der Waals surface area contributed by atoms with Crippen LogP contribution in [0.25, 0.3) is 0 Å². The van der Waals surface area contributed by atoms with Crippen LogP contribution in [0.15, 0.2) is 35.3 Å². The van der Waals surface area contributed by atoms with Crippen LogP contribution in [0, 0.1) is 0 Å². The van der Waals surface area contributed by atoms with E-state index in [-0.39, 0.29) is 5.75 Å². The van der Waals surface area contributed by atoms with Crippen LogP contribution in [-0.4, -0.2) is 69.5 Å². The van der Waals surface area contributed by atoms with Crippen molar-refractivity contribution in [2.75, 3.05) is 19.3 Å². The molecular weight excluding hydrogens is 344 g/mol. The Morgan fingerprint density at radius 1 is 1.32 bits per heavy atom. The average molecular weight is 362 g/mol. The molecule has 8 nitrogen and oxygen atoms in total. The highest BCUT2D eigenvalue weighted by molar-refractivity contribution is 8.14. The zero-order valence-electron chi connectivity index (χ0n) is 13.6. The summed E-state index contributed by atoms with van der Waals surface area (Å²) in [4.78, 5) is 42.7. The highest BCUT2D eigenvalue weighted by atomic mass is 32.2. The number of imide groups is 1. The summed E-state index contributed by atoms with van der Waals surface area (Å²) in [5.74, 6) is -1.52. The fourth-order valence-electron chi connectivity index (χ4n) is 2.88. The lowest BCUT2D eigenvalue weighted by Gasteiger charge is -2.36. The standard InChI is InChI=1S/C16H18N4O4S/c1-19-13-12(14(23)18-15(19)24)20(16(17-13)25-9-11(21)22)8-7-10-5-3-2-4-6-10/h2-6,12-13H,7-9H2,1H3,(H,21,22)(H,18,23,24). The van der Waals surface area contributed by atoms with E-state index in [4.69, 9.17) is 5.11 Å². The van der Waals surface area contributed by atoms with E-state index in [1.807, 2.05) is 30.3 Å². The maximum atomic E-state index is 12.3. The number of likely N-dealkylation sites (N-methyl/N-ethyl adjacent to an activating group) is 1. The van der Waals surface area contributed by atoms with Crippen LogP contribution in [-0.2, 0) is 16.0 Å². The molecule has 0 radical (unpaired) electrons. The van der Waals surface area contributed by atoms with Crippen molar-refractivity contribution in [1.29, 1.82) is 0 Å². The molecule has 132 valence electrons. The van der Waals surface area contributed by atoms with Gasteiger partial charge in [0.05, 0.1) is 5.75 Å². The van der Waals surface area contributed by atoms with E-state index in [2.05, 4.69) is 10.3 Å². The summed E-state index contributed by atoms with van der Waals surface area (Å²) in [6, 6.07) is 8.66. The lowest BCUT2D eigenvalue weighted by atomic mass is 10.1. The maximum absolute atomic E-state index is 12.3. The molecule has 2 atom stereocenters. The first kappa shape index (κ1) is 17.3. The lowest BCUT2D eigenvalue weighted by Crippen LogP contribution is -2.63. The number of fused-ring (bicyclic) bond motifs is 1. The van der Waals surface area contributed by atoms with Gasteiger partial charge in [-0.3, -0.25) is 14.9 Å². The van der Waals surface area contributed by atoms with Crippen LogP contribution in [0.1, 0.15) is 5.56 Å². The van der Waals surface area contributed by atoms with E-state index >= 15 is 0 Å². The summed E-state index contributed by atoms with van der Waals surface area (Å²) in [5, 5.41) is 11.7. The number of rotatable bonds is 5. The van der Waals surface area contributed by atoms with Gasteiger partial charge < -0.3 is 14.9 Å². The van der Waals surface area contributed by atoms with Crippen LogP contribution in [0.4, 0.5) is 4.79 Å². The lowest BCUT2D eigenvalue weighted by molar-refractivity contribution is -0.134. The number of benzene rings is 1. The molecule has 2 N–H and O–H groups in total. The van der Waals surface area contributed by atoms with E-state index in [0.717, 1.165) is 17.3 Å². The molecule has 1 aromatic carbocycles. The minimum Gasteiger partial charge on any atom is -0.481 e. The summed E-state index contributed by atoms with van der Waals surface area (Å²) >= 11 is 1.07. The number of urea groups is 1. The predicted octanol–water partition coefficient (Wildman–Crippen LogP) is 0.595. The number of hydrogen-bond donors (Lipinski definition) is 2. The predicted molar refractivity (Wildman–Crippen MR) is 93.3 cm³/mol. The SMILES string of the molecule is CN1C(=O)NC(=O)C2C1N=C(SCC(=O)O)N2CCc1ccccc1. The summed E-state index contributed by atoms with van der Waals surface area (Å²) in [7, 11) is 1.57. The number of nitrogens with zero attached hydrogens (tertiary/aromatic N) is 3. The Hall–Kier alpha value is -2.55. The van der Waals surface area contributed by atoms with E-state index < -0.39 is 30.1 Å². The molecule has 0 saturated carbocycles. The van der Waals surface area contributed by atoms with Gasteiger partial charge >= 0.3 is 12.0 Å². The summed E-state index contributed by atoms with van der Waals surface area (Å²) < 4.78 is 0. The van der Waals surface area contributed by atoms with Crippen molar-refractivity contribution < 1.29 is 19.5 Å². The molecule has 2 aliphatic rings. The highest BCUT2D eigenvalue weighted by Gasteiger charge is 2.48. The molecule has 1 fully saturated rings. The molecule has 2 heterocycles. The van der Waals surface area contributed by atoms with E-state index in [1.165, 1.54) is 4.90 Å². The number of thioether (sulfide) groups is 1. The first-order valence-electron chi connectivity index (χ1n) is 7.78. The first-order valence-corrected chi connectivity index (χ1v) is 8.76. The van der Waals surface area contributed by atoms with Crippen molar-refractivity contribution in [3.05, 3.63) is 35.9 Å². The molecule has 0 bridgehead atoms. The highest BCUT2D eigenvalue weighted by Crippen LogP contribution is 2.28. The smallest absolute Gasteiger partial charge is 0.325 e. The zero-order chi connectivity index (χ0) is 18.0. The quantitative estimate of drug-likeness (QED) is 0.795. The van der Waals surface area contributed by atoms with Gasteiger partial charge in [0.2, 0.25) is 0 Å². The second-order valence-corrected chi connectivity index (χ2v) is 6.73. The second-order valence-electron chi connectivity index (χ2n) is 5.79. The van der Waals surface area contributed by atoms with Crippen LogP contribution in [0.5, 0.6) is 0 Å². The third-order valence-electron chi connectivity index (χ3n) is 4.13. The van der Waals surface area contributed by atoms with Crippen molar-refractivity contribution in [3.63, 3.8) is 0 Å². The number of nitrogens with one attached hydrogen (secondary N) is 1. The van der Waals surface area contributed by atoms with Gasteiger partial charge in [0.15, 0.2) is 17.4 Å². The number of aliphatic imine (C=N–C) groups is 1. The molecule has 1 saturated heterocycles. The normalized spacial score (nSPS) is 22.5. The number of carboxylic acid groups (broad SMARTS) is 1. The van der Waals surface area contributed by atoms with Gasteiger partial charge in [-0.05, 0) is 12.0 Å². The van der Waals surface area contributed by atoms with Gasteiger partial charge in [0, 0.05) is 13.6 Å². The van der Waals surface area contributed by atoms with Gasteiger partial charge in [0.25, 0.3) is 5.91 Å². The van der Waals surface area contributed by atoms with E-state index in [9.17, 15) is 14.4 Å². The van der Waals surface area contributed by atoms with Crippen LogP contribution < -0.4 is 5.32 Å². The monoisotopic (exact) mass is 362 g/mol. The largest absolute Gasteiger partial charge is 0.481 e. The topological polar surface area (TPSA) is 102 Å². The molecule has 25 heavy (non-hydrogen) atoms. The van der Waals surface area contributed by atoms with E-state index in [0.29, 0.717) is 18.1 Å². The second kappa shape index (κ2) is 7.14. The number of aliphatic carboxylic acids is 1. The fourth-order valence-corrected chi connectivity index (χ4v) is 3.68. The van der Waals surface area contributed by atoms with Gasteiger partial charge in [-0.25, -0.2) is 9.79 Å². The van der Waals surface area contributed by atoms with Crippen molar-refractivity contribution in [3.8, 4) is 0 Å². The summed E-state index contributed by atoms with van der Waals surface area (Å²) in [6.45, 7) is 0.506. The maximum Gasteiger partial charge on any atom is 0.325 e. The molecule has 1 aromatic rings. The molecule has 3 rings (SSSR count). The third-order valence-corrected chi connectivity index (χ3v) is 5.12. The molecular formula is C16H18N4O4S. The minimum atomic E-state index is -0.959. The summed E-state index contributed by atoms with van der Waals surface area (Å²) in [6.07, 6.45) is 0.0510. The van der Waals surface area contributed by atoms with Gasteiger partial charge in [-0.1, -0.05) is 42.1 Å². The van der Waals surface area contributed by atoms with Crippen molar-refractivity contribution in [2.45, 2.75) is 18.6 Å². The van der Waals surface area contributed by atoms with Gasteiger partial charge in [0.1, 0.15) is 0 Å². The number of amides is 3. The first-order chi connectivity index (χ1) is 12.0. The van der Waals surface area contributed by atoms with E-state index in [1.54, 1.807) is 11.9 Å². The molecule has 0 aliphatic carbocycles. The minimum absolute atomic E-state index is 0.153. The van der Waals surface area contributed by atoms with Crippen molar-refractivity contribution in [1.82, 2.24) is 15.1 Å². The summed E-state index contributed by atoms with van der Waals surface area (Å²) in [5.41, 5.74) is 1.11. The zero-order valence-corrected chi connectivity index (χ0v) is 14.4. The third kappa shape index (κ3) is 3.60. The Balaban J connectivity index is 1.80. The Labute approximate surface area is 148 Å². The van der Waals surface area contributed by atoms with Crippen molar-refractivity contribution >= 4 is 34.8 Å².